The molecule has 3 N–H and O–H groups in total. The van der Waals surface area contributed by atoms with Gasteiger partial charge in [0.05, 0.1) is 11.5 Å². The Morgan fingerprint density at radius 2 is 1.45 bits per heavy atom. The third-order valence-corrected chi connectivity index (χ3v) is 4.49. The third kappa shape index (κ3) is 9.51. The van der Waals surface area contributed by atoms with Gasteiger partial charge in [0.25, 0.3) is 0 Å². The molecule has 0 aliphatic rings. The van der Waals surface area contributed by atoms with Crippen molar-refractivity contribution in [2.75, 3.05) is 5.32 Å². The predicted octanol–water partition coefficient (Wildman–Crippen LogP) is 3.63. The van der Waals surface area contributed by atoms with Crippen molar-refractivity contribution in [2.24, 2.45) is 11.3 Å². The van der Waals surface area contributed by atoms with Gasteiger partial charge >= 0.3 is 5.97 Å². The van der Waals surface area contributed by atoms with Crippen molar-refractivity contribution in [2.45, 2.75) is 86.5 Å². The van der Waals surface area contributed by atoms with Crippen LogP contribution in [0.5, 0.6) is 0 Å². The summed E-state index contributed by atoms with van der Waals surface area (Å²) in [5.41, 5.74) is 0.654. The molecule has 0 spiro atoms. The van der Waals surface area contributed by atoms with E-state index >= 15 is 0 Å². The summed E-state index contributed by atoms with van der Waals surface area (Å²) in [6.07, 6.45) is 0. The zero-order valence-electron chi connectivity index (χ0n) is 20.4. The number of hydrogen-bond donors (Lipinski definition) is 3. The second-order valence-electron chi connectivity index (χ2n) is 10.4. The molecule has 0 saturated carbocycles. The van der Waals surface area contributed by atoms with Crippen LogP contribution in [-0.2, 0) is 25.7 Å². The van der Waals surface area contributed by atoms with E-state index in [4.69, 9.17) is 4.74 Å². The largest absolute Gasteiger partial charge is 0.460 e. The molecule has 1 aromatic carbocycles. The molecule has 0 aliphatic heterocycles. The van der Waals surface area contributed by atoms with Crippen molar-refractivity contribution in [1.82, 2.24) is 10.6 Å². The quantitative estimate of drug-likeness (QED) is 0.544. The molecular weight excluding hydrogens is 394 g/mol. The number of rotatable bonds is 8. The highest BCUT2D eigenvalue weighted by Crippen LogP contribution is 2.17. The van der Waals surface area contributed by atoms with E-state index in [9.17, 15) is 14.4 Å². The molecule has 0 fully saturated rings. The summed E-state index contributed by atoms with van der Waals surface area (Å²) in [6, 6.07) is 5.97. The number of carbonyl (C=O) groups is 3. The van der Waals surface area contributed by atoms with E-state index in [0.717, 1.165) is 5.56 Å². The van der Waals surface area contributed by atoms with E-state index in [-0.39, 0.29) is 35.8 Å². The topological polar surface area (TPSA) is 96.5 Å². The van der Waals surface area contributed by atoms with Gasteiger partial charge in [-0.2, -0.15) is 0 Å². The monoisotopic (exact) mass is 433 g/mol. The Labute approximate surface area is 186 Å². The van der Waals surface area contributed by atoms with E-state index in [0.29, 0.717) is 5.69 Å². The second-order valence-corrected chi connectivity index (χ2v) is 10.4. The number of benzene rings is 1. The molecule has 7 heteroatoms. The maximum atomic E-state index is 12.7. The Kier molecular flexibility index (Phi) is 9.24. The smallest absolute Gasteiger partial charge is 0.311 e. The second kappa shape index (κ2) is 10.8. The van der Waals surface area contributed by atoms with Gasteiger partial charge in [-0.3, -0.25) is 14.4 Å². The van der Waals surface area contributed by atoms with Crippen LogP contribution in [0.4, 0.5) is 5.69 Å². The fourth-order valence-corrected chi connectivity index (χ4v) is 2.67. The van der Waals surface area contributed by atoms with Crippen molar-refractivity contribution >= 4 is 23.5 Å². The molecule has 1 aromatic rings. The van der Waals surface area contributed by atoms with Crippen LogP contribution in [0, 0.1) is 11.3 Å². The molecule has 0 aliphatic carbocycles. The first kappa shape index (κ1) is 26.6. The van der Waals surface area contributed by atoms with E-state index < -0.39 is 17.5 Å². The molecule has 2 atom stereocenters. The fourth-order valence-electron chi connectivity index (χ4n) is 2.67. The molecule has 0 heterocycles. The zero-order valence-corrected chi connectivity index (χ0v) is 20.4. The predicted molar refractivity (Wildman–Crippen MR) is 123 cm³/mol. The Hall–Kier alpha value is -2.41. The van der Waals surface area contributed by atoms with Gasteiger partial charge in [0, 0.05) is 11.2 Å². The molecule has 2 unspecified atom stereocenters. The Morgan fingerprint density at radius 1 is 0.903 bits per heavy atom. The molecule has 0 aromatic heterocycles. The van der Waals surface area contributed by atoms with Crippen LogP contribution in [0.1, 0.15) is 67.9 Å². The van der Waals surface area contributed by atoms with Crippen LogP contribution in [0.25, 0.3) is 0 Å². The highest BCUT2D eigenvalue weighted by Gasteiger charge is 2.28. The maximum absolute atomic E-state index is 12.7. The first-order chi connectivity index (χ1) is 14.1. The summed E-state index contributed by atoms with van der Waals surface area (Å²) in [4.78, 5) is 37.1. The maximum Gasteiger partial charge on any atom is 0.311 e. The lowest BCUT2D eigenvalue weighted by Crippen LogP contribution is -2.56. The van der Waals surface area contributed by atoms with Crippen molar-refractivity contribution in [1.29, 1.82) is 0 Å². The standard InChI is InChI=1S/C24H39N3O4/c1-15(2)19(27-24(7,8)9)21(29)25-16(3)20(28)26-18-12-10-17(11-13-18)14-31-22(30)23(4,5)6/h10-13,15-16,19,27H,14H2,1-9H3,(H,25,29)(H,26,28). The van der Waals surface area contributed by atoms with Crippen LogP contribution in [-0.4, -0.2) is 35.4 Å². The number of hydrogen-bond acceptors (Lipinski definition) is 5. The molecule has 1 rings (SSSR count). The summed E-state index contributed by atoms with van der Waals surface area (Å²) in [7, 11) is 0. The van der Waals surface area contributed by atoms with Gasteiger partial charge in [-0.25, -0.2) is 0 Å². The number of ether oxygens (including phenoxy) is 1. The third-order valence-electron chi connectivity index (χ3n) is 4.49. The minimum absolute atomic E-state index is 0.0782. The number of carbonyl (C=O) groups excluding carboxylic acids is 3. The first-order valence-electron chi connectivity index (χ1n) is 10.8. The van der Waals surface area contributed by atoms with Gasteiger partial charge in [-0.15, -0.1) is 0 Å². The average Bonchev–Trinajstić information content (AvgIpc) is 2.63. The minimum Gasteiger partial charge on any atom is -0.460 e. The summed E-state index contributed by atoms with van der Waals surface area (Å²) in [5, 5.41) is 8.89. The molecule has 7 nitrogen and oxygen atoms in total. The molecule has 0 radical (unpaired) electrons. The molecule has 0 saturated heterocycles. The summed E-state index contributed by atoms with van der Waals surface area (Å²) in [6.45, 7) is 17.2. The zero-order chi connectivity index (χ0) is 24.0. The van der Waals surface area contributed by atoms with Gasteiger partial charge in [0.2, 0.25) is 11.8 Å². The number of esters is 1. The molecule has 31 heavy (non-hydrogen) atoms. The van der Waals surface area contributed by atoms with E-state index in [1.165, 1.54) is 0 Å². The molecular formula is C24H39N3O4. The van der Waals surface area contributed by atoms with E-state index in [1.54, 1.807) is 52.0 Å². The number of nitrogens with one attached hydrogen (secondary N) is 3. The Bertz CT molecular complexity index is 759. The lowest BCUT2D eigenvalue weighted by molar-refractivity contribution is -0.154. The summed E-state index contributed by atoms with van der Waals surface area (Å²) in [5.74, 6) is -0.702. The van der Waals surface area contributed by atoms with Crippen LogP contribution in [0.15, 0.2) is 24.3 Å². The normalized spacial score (nSPS) is 14.0. The van der Waals surface area contributed by atoms with Gasteiger partial charge in [-0.05, 0) is 72.1 Å². The highest BCUT2D eigenvalue weighted by molar-refractivity contribution is 5.97. The number of amides is 2. The van der Waals surface area contributed by atoms with Crippen LogP contribution < -0.4 is 16.0 Å². The fraction of sp³-hybridized carbons (Fsp3) is 0.625. The van der Waals surface area contributed by atoms with Crippen LogP contribution in [0.2, 0.25) is 0 Å². The first-order valence-corrected chi connectivity index (χ1v) is 10.8. The van der Waals surface area contributed by atoms with Crippen molar-refractivity contribution in [3.8, 4) is 0 Å². The van der Waals surface area contributed by atoms with Gasteiger partial charge < -0.3 is 20.7 Å². The Morgan fingerprint density at radius 3 is 1.90 bits per heavy atom. The van der Waals surface area contributed by atoms with E-state index in [2.05, 4.69) is 16.0 Å². The molecule has 174 valence electrons. The minimum atomic E-state index is -0.692. The van der Waals surface area contributed by atoms with Crippen molar-refractivity contribution in [3.05, 3.63) is 29.8 Å². The molecule has 0 bridgehead atoms. The average molecular weight is 434 g/mol. The highest BCUT2D eigenvalue weighted by atomic mass is 16.5. The van der Waals surface area contributed by atoms with Gasteiger partial charge in [0.1, 0.15) is 12.6 Å². The summed E-state index contributed by atoms with van der Waals surface area (Å²) >= 11 is 0. The lowest BCUT2D eigenvalue weighted by Gasteiger charge is -2.31. The number of anilines is 1. The van der Waals surface area contributed by atoms with Crippen LogP contribution >= 0.6 is 0 Å². The lowest BCUT2D eigenvalue weighted by atomic mass is 9.97. The van der Waals surface area contributed by atoms with Crippen LogP contribution in [0.3, 0.4) is 0 Å². The SMILES string of the molecule is CC(NC(=O)C(NC(C)(C)C)C(C)C)C(=O)Nc1ccc(COC(=O)C(C)(C)C)cc1. The Balaban J connectivity index is 2.64. The van der Waals surface area contributed by atoms with Crippen molar-refractivity contribution < 1.29 is 19.1 Å². The van der Waals surface area contributed by atoms with E-state index in [1.807, 2.05) is 34.6 Å². The summed E-state index contributed by atoms with van der Waals surface area (Å²) < 4.78 is 5.29. The van der Waals surface area contributed by atoms with Gasteiger partial charge in [0.15, 0.2) is 0 Å². The van der Waals surface area contributed by atoms with Gasteiger partial charge in [-0.1, -0.05) is 26.0 Å². The van der Waals surface area contributed by atoms with Crippen molar-refractivity contribution in [3.63, 3.8) is 0 Å². The molecule has 2 amide bonds.